The summed E-state index contributed by atoms with van der Waals surface area (Å²) >= 11 is 10.2. The van der Waals surface area contributed by atoms with Crippen LogP contribution in [0, 0.1) is 10.5 Å². The Kier molecular flexibility index (Phi) is 6.11. The number of hydrogen-bond donors (Lipinski definition) is 0. The summed E-state index contributed by atoms with van der Waals surface area (Å²) in [6.45, 7) is 4.24. The van der Waals surface area contributed by atoms with Crippen molar-refractivity contribution in [3.63, 3.8) is 0 Å². The molecule has 20 heavy (non-hydrogen) atoms. The molecule has 0 aliphatic rings. The first-order chi connectivity index (χ1) is 9.60. The van der Waals surface area contributed by atoms with Crippen LogP contribution in [0.5, 0.6) is 0 Å². The molecule has 1 heterocycles. The van der Waals surface area contributed by atoms with Gasteiger partial charge in [0.2, 0.25) is 0 Å². The van der Waals surface area contributed by atoms with Gasteiger partial charge in [0.1, 0.15) is 11.0 Å². The van der Waals surface area contributed by atoms with Crippen LogP contribution in [0.1, 0.15) is 30.4 Å². The highest BCUT2D eigenvalue weighted by atomic mass is 127. The topological polar surface area (TPSA) is 25.8 Å². The largest absolute Gasteiger partial charge is 0.236 e. The lowest BCUT2D eigenvalue weighted by Crippen LogP contribution is -2.02. The second kappa shape index (κ2) is 7.61. The molecule has 2 aromatic rings. The standard InChI is InChI=1S/C15H16ClIN2S/c1-3-5-12-14(17)15(16)19-13(18-12)9-20-11-7-4-6-10(2)8-11/h4,6-8H,3,5,9H2,1-2H3. The summed E-state index contributed by atoms with van der Waals surface area (Å²) in [6.07, 6.45) is 2.01. The quantitative estimate of drug-likeness (QED) is 0.375. The first-order valence-corrected chi connectivity index (χ1v) is 8.94. The van der Waals surface area contributed by atoms with Gasteiger partial charge in [0, 0.05) is 4.90 Å². The molecule has 1 aromatic carbocycles. The molecule has 5 heteroatoms. The second-order valence-corrected chi connectivity index (χ2v) is 7.03. The van der Waals surface area contributed by atoms with Crippen molar-refractivity contribution in [1.29, 1.82) is 0 Å². The number of halogens is 2. The smallest absolute Gasteiger partial charge is 0.146 e. The lowest BCUT2D eigenvalue weighted by Gasteiger charge is -2.07. The Hall–Kier alpha value is -0.330. The molecule has 0 unspecified atom stereocenters. The molecule has 0 saturated heterocycles. The van der Waals surface area contributed by atoms with Gasteiger partial charge < -0.3 is 0 Å². The van der Waals surface area contributed by atoms with E-state index in [1.807, 2.05) is 0 Å². The lowest BCUT2D eigenvalue weighted by atomic mass is 10.2. The SMILES string of the molecule is CCCc1nc(CSc2cccc(C)c2)nc(Cl)c1I. The average molecular weight is 419 g/mol. The van der Waals surface area contributed by atoms with E-state index < -0.39 is 0 Å². The van der Waals surface area contributed by atoms with Crippen LogP contribution in [0.15, 0.2) is 29.2 Å². The van der Waals surface area contributed by atoms with E-state index in [4.69, 9.17) is 11.6 Å². The fourth-order valence-electron chi connectivity index (χ4n) is 1.83. The van der Waals surface area contributed by atoms with E-state index >= 15 is 0 Å². The highest BCUT2D eigenvalue weighted by Gasteiger charge is 2.10. The number of thioether (sulfide) groups is 1. The van der Waals surface area contributed by atoms with Crippen molar-refractivity contribution in [1.82, 2.24) is 9.97 Å². The second-order valence-electron chi connectivity index (χ2n) is 4.55. The third-order valence-corrected chi connectivity index (χ3v) is 5.49. The van der Waals surface area contributed by atoms with E-state index in [2.05, 4.69) is 70.7 Å². The maximum absolute atomic E-state index is 6.19. The molecule has 1 aromatic heterocycles. The lowest BCUT2D eigenvalue weighted by molar-refractivity contribution is 0.845. The van der Waals surface area contributed by atoms with Crippen molar-refractivity contribution in [2.24, 2.45) is 0 Å². The zero-order valence-electron chi connectivity index (χ0n) is 11.5. The van der Waals surface area contributed by atoms with Crippen molar-refractivity contribution in [3.8, 4) is 0 Å². The van der Waals surface area contributed by atoms with Crippen LogP contribution < -0.4 is 0 Å². The molecular formula is C15H16ClIN2S. The number of hydrogen-bond acceptors (Lipinski definition) is 3. The summed E-state index contributed by atoms with van der Waals surface area (Å²) in [5.74, 6) is 1.56. The molecule has 0 saturated carbocycles. The highest BCUT2D eigenvalue weighted by Crippen LogP contribution is 2.25. The predicted octanol–water partition coefficient (Wildman–Crippen LogP) is 5.29. The molecular weight excluding hydrogens is 403 g/mol. The molecule has 0 spiro atoms. The number of benzene rings is 1. The Labute approximate surface area is 142 Å². The fourth-order valence-corrected chi connectivity index (χ4v) is 3.42. The van der Waals surface area contributed by atoms with Crippen molar-refractivity contribution >= 4 is 46.0 Å². The van der Waals surface area contributed by atoms with Crippen LogP contribution in [0.4, 0.5) is 0 Å². The molecule has 0 aliphatic carbocycles. The van der Waals surface area contributed by atoms with Gasteiger partial charge in [-0.25, -0.2) is 9.97 Å². The monoisotopic (exact) mass is 418 g/mol. The summed E-state index contributed by atoms with van der Waals surface area (Å²) in [7, 11) is 0. The van der Waals surface area contributed by atoms with E-state index in [9.17, 15) is 0 Å². The summed E-state index contributed by atoms with van der Waals surface area (Å²) < 4.78 is 0.982. The third kappa shape index (κ3) is 4.33. The van der Waals surface area contributed by atoms with Gasteiger partial charge in [-0.15, -0.1) is 11.8 Å². The first kappa shape index (κ1) is 16.0. The summed E-state index contributed by atoms with van der Waals surface area (Å²) in [4.78, 5) is 10.3. The molecule has 0 bridgehead atoms. The van der Waals surface area contributed by atoms with Crippen LogP contribution in [0.3, 0.4) is 0 Å². The zero-order valence-corrected chi connectivity index (χ0v) is 15.2. The maximum atomic E-state index is 6.19. The minimum Gasteiger partial charge on any atom is -0.236 e. The van der Waals surface area contributed by atoms with E-state index in [1.165, 1.54) is 10.5 Å². The van der Waals surface area contributed by atoms with Gasteiger partial charge in [-0.2, -0.15) is 0 Å². The molecule has 0 radical (unpaired) electrons. The molecule has 0 amide bonds. The number of aryl methyl sites for hydroxylation is 2. The van der Waals surface area contributed by atoms with Gasteiger partial charge in [0.05, 0.1) is 15.0 Å². The van der Waals surface area contributed by atoms with Crippen LogP contribution in [0.25, 0.3) is 0 Å². The first-order valence-electron chi connectivity index (χ1n) is 6.50. The fraction of sp³-hybridized carbons (Fsp3) is 0.333. The van der Waals surface area contributed by atoms with Gasteiger partial charge in [-0.1, -0.05) is 42.6 Å². The van der Waals surface area contributed by atoms with Crippen LogP contribution in [0.2, 0.25) is 5.15 Å². The Bertz CT molecular complexity index is 604. The predicted molar refractivity (Wildman–Crippen MR) is 94.5 cm³/mol. The Morgan fingerprint density at radius 3 is 2.80 bits per heavy atom. The van der Waals surface area contributed by atoms with E-state index in [1.54, 1.807) is 11.8 Å². The third-order valence-electron chi connectivity index (χ3n) is 2.77. The summed E-state index contributed by atoms with van der Waals surface area (Å²) in [5, 5.41) is 0.573. The van der Waals surface area contributed by atoms with Gasteiger partial charge in [-0.3, -0.25) is 0 Å². The Balaban J connectivity index is 2.13. The normalized spacial score (nSPS) is 10.8. The zero-order chi connectivity index (χ0) is 14.5. The van der Waals surface area contributed by atoms with Gasteiger partial charge >= 0.3 is 0 Å². The van der Waals surface area contributed by atoms with Crippen molar-refractivity contribution in [3.05, 3.63) is 50.1 Å². The number of nitrogens with zero attached hydrogens (tertiary/aromatic N) is 2. The molecule has 2 nitrogen and oxygen atoms in total. The van der Waals surface area contributed by atoms with Crippen molar-refractivity contribution in [2.45, 2.75) is 37.3 Å². The van der Waals surface area contributed by atoms with Crippen LogP contribution in [-0.2, 0) is 12.2 Å². The molecule has 0 N–H and O–H groups in total. The number of aromatic nitrogens is 2. The Morgan fingerprint density at radius 1 is 1.30 bits per heavy atom. The Morgan fingerprint density at radius 2 is 2.10 bits per heavy atom. The number of rotatable bonds is 5. The highest BCUT2D eigenvalue weighted by molar-refractivity contribution is 14.1. The van der Waals surface area contributed by atoms with Gasteiger partial charge in [0.15, 0.2) is 0 Å². The van der Waals surface area contributed by atoms with Gasteiger partial charge in [0.25, 0.3) is 0 Å². The molecule has 0 fully saturated rings. The summed E-state index contributed by atoms with van der Waals surface area (Å²) in [5.41, 5.74) is 2.33. The van der Waals surface area contributed by atoms with E-state index in [0.717, 1.165) is 33.7 Å². The molecule has 0 atom stereocenters. The average Bonchev–Trinajstić information content (AvgIpc) is 2.42. The van der Waals surface area contributed by atoms with Gasteiger partial charge in [-0.05, 0) is 48.1 Å². The molecule has 106 valence electrons. The minimum absolute atomic E-state index is 0.573. The van der Waals surface area contributed by atoms with Crippen LogP contribution >= 0.6 is 46.0 Å². The molecule has 0 aliphatic heterocycles. The maximum Gasteiger partial charge on any atom is 0.146 e. The van der Waals surface area contributed by atoms with Crippen molar-refractivity contribution in [2.75, 3.05) is 0 Å². The minimum atomic E-state index is 0.573. The van der Waals surface area contributed by atoms with E-state index in [-0.39, 0.29) is 0 Å². The van der Waals surface area contributed by atoms with E-state index in [0.29, 0.717) is 5.15 Å². The van der Waals surface area contributed by atoms with Crippen molar-refractivity contribution < 1.29 is 0 Å². The van der Waals surface area contributed by atoms with Crippen LogP contribution in [-0.4, -0.2) is 9.97 Å². The summed E-state index contributed by atoms with van der Waals surface area (Å²) in [6, 6.07) is 8.45. The molecule has 2 rings (SSSR count).